The summed E-state index contributed by atoms with van der Waals surface area (Å²) >= 11 is 1.18. The number of nitrogens with one attached hydrogen (secondary N) is 2. The molecule has 28 heavy (non-hydrogen) atoms. The van der Waals surface area contributed by atoms with E-state index in [1.165, 1.54) is 30.8 Å². The van der Waals surface area contributed by atoms with E-state index in [0.717, 1.165) is 30.4 Å². The molecule has 2 aromatic heterocycles. The Hall–Kier alpha value is -2.61. The lowest BCUT2D eigenvalue weighted by molar-refractivity contribution is 0.129. The van der Waals surface area contributed by atoms with Gasteiger partial charge >= 0.3 is 0 Å². The molecule has 1 aliphatic rings. The van der Waals surface area contributed by atoms with Gasteiger partial charge in [0.15, 0.2) is 0 Å². The van der Waals surface area contributed by atoms with Crippen molar-refractivity contribution < 1.29 is 9.13 Å². The molecule has 0 saturated heterocycles. The summed E-state index contributed by atoms with van der Waals surface area (Å²) in [6.45, 7) is 1.94. The number of ether oxygens (including phenoxy) is 1. The van der Waals surface area contributed by atoms with Crippen LogP contribution < -0.4 is 9.46 Å². The molecular formula is C20H22FN5OS. The van der Waals surface area contributed by atoms with Crippen molar-refractivity contribution in [3.8, 4) is 5.75 Å². The summed E-state index contributed by atoms with van der Waals surface area (Å²) in [5, 5.41) is 6.95. The van der Waals surface area contributed by atoms with Gasteiger partial charge in [-0.15, -0.1) is 0 Å². The molecule has 1 fully saturated rings. The summed E-state index contributed by atoms with van der Waals surface area (Å²) in [7, 11) is 0. The molecule has 146 valence electrons. The van der Waals surface area contributed by atoms with E-state index in [1.54, 1.807) is 18.3 Å². The van der Waals surface area contributed by atoms with Crippen molar-refractivity contribution in [2.24, 2.45) is 0 Å². The molecular weight excluding hydrogens is 377 g/mol. The highest BCUT2D eigenvalue weighted by Crippen LogP contribution is 2.37. The summed E-state index contributed by atoms with van der Waals surface area (Å²) in [4.78, 5) is 8.44. The number of benzene rings is 1. The van der Waals surface area contributed by atoms with E-state index in [1.807, 2.05) is 19.3 Å². The van der Waals surface area contributed by atoms with Gasteiger partial charge in [0.1, 0.15) is 29.8 Å². The quantitative estimate of drug-likeness (QED) is 0.576. The van der Waals surface area contributed by atoms with Gasteiger partial charge in [-0.05, 0) is 61.4 Å². The monoisotopic (exact) mass is 399 g/mol. The number of anilines is 1. The molecule has 0 radical (unpaired) electrons. The molecule has 0 bridgehead atoms. The first kappa shape index (κ1) is 18.7. The molecule has 1 unspecified atom stereocenters. The second-order valence-corrected chi connectivity index (χ2v) is 7.77. The minimum absolute atomic E-state index is 0.0297. The lowest BCUT2D eigenvalue weighted by Crippen LogP contribution is -2.28. The first-order valence-electron chi connectivity index (χ1n) is 9.35. The maximum absolute atomic E-state index is 14.7. The fourth-order valence-electron chi connectivity index (χ4n) is 3.55. The first-order valence-corrected chi connectivity index (χ1v) is 10.2. The van der Waals surface area contributed by atoms with E-state index < -0.39 is 0 Å². The Kier molecular flexibility index (Phi) is 5.76. The van der Waals surface area contributed by atoms with E-state index in [-0.39, 0.29) is 17.8 Å². The number of hydrogen-bond donors (Lipinski definition) is 2. The molecule has 1 aromatic carbocycles. The topological polar surface area (TPSA) is 75.7 Å². The molecule has 1 aliphatic carbocycles. The highest BCUT2D eigenvalue weighted by Gasteiger charge is 2.29. The summed E-state index contributed by atoms with van der Waals surface area (Å²) < 4.78 is 24.0. The van der Waals surface area contributed by atoms with Crippen molar-refractivity contribution in [2.75, 3.05) is 4.72 Å². The third-order valence-corrected chi connectivity index (χ3v) is 5.85. The summed E-state index contributed by atoms with van der Waals surface area (Å²) in [6, 6.07) is 5.02. The zero-order valence-corrected chi connectivity index (χ0v) is 16.4. The lowest BCUT2D eigenvalue weighted by Gasteiger charge is -2.32. The standard InChI is InChI=1S/C20H22FN5OS/c1-13-8-19(28-26-20-6-7-22-12-23-20)16(21)9-18(13)27-17-5-3-2-4-15(17)14-10-24-25-11-14/h6-12,15,17H,2-5H2,1H3,(H,24,25)(H,22,23,26)/t15-,17?/m0/s1. The maximum atomic E-state index is 14.7. The fraction of sp³-hybridized carbons (Fsp3) is 0.350. The Morgan fingerprint density at radius 1 is 1.29 bits per heavy atom. The number of rotatable bonds is 6. The van der Waals surface area contributed by atoms with Crippen LogP contribution >= 0.6 is 11.9 Å². The van der Waals surface area contributed by atoms with Crippen molar-refractivity contribution in [3.63, 3.8) is 0 Å². The van der Waals surface area contributed by atoms with Crippen molar-refractivity contribution in [1.29, 1.82) is 0 Å². The van der Waals surface area contributed by atoms with Gasteiger partial charge in [-0.3, -0.25) is 5.10 Å². The van der Waals surface area contributed by atoms with Crippen LogP contribution in [0.4, 0.5) is 10.2 Å². The Labute approximate surface area is 167 Å². The summed E-state index contributed by atoms with van der Waals surface area (Å²) in [5.41, 5.74) is 2.06. The Morgan fingerprint density at radius 3 is 2.96 bits per heavy atom. The number of H-pyrrole nitrogens is 1. The van der Waals surface area contributed by atoms with E-state index in [2.05, 4.69) is 24.9 Å². The highest BCUT2D eigenvalue weighted by atomic mass is 32.2. The molecule has 0 aliphatic heterocycles. The Balaban J connectivity index is 1.48. The molecule has 3 aromatic rings. The van der Waals surface area contributed by atoms with Gasteiger partial charge in [-0.1, -0.05) is 6.42 Å². The van der Waals surface area contributed by atoms with Gasteiger partial charge < -0.3 is 9.46 Å². The van der Waals surface area contributed by atoms with Gasteiger partial charge in [0, 0.05) is 24.4 Å². The zero-order valence-electron chi connectivity index (χ0n) is 15.6. The average molecular weight is 399 g/mol. The second kappa shape index (κ2) is 8.60. The van der Waals surface area contributed by atoms with Gasteiger partial charge in [-0.2, -0.15) is 5.10 Å². The fourth-order valence-corrected chi connectivity index (χ4v) is 4.27. The van der Waals surface area contributed by atoms with Crippen molar-refractivity contribution in [1.82, 2.24) is 20.2 Å². The third kappa shape index (κ3) is 4.27. The van der Waals surface area contributed by atoms with Gasteiger partial charge in [0.05, 0.1) is 11.1 Å². The first-order chi connectivity index (χ1) is 13.7. The summed E-state index contributed by atoms with van der Waals surface area (Å²) in [6.07, 6.45) is 11.2. The van der Waals surface area contributed by atoms with Crippen LogP contribution in [0.5, 0.6) is 5.75 Å². The van der Waals surface area contributed by atoms with Crippen molar-refractivity contribution in [3.05, 3.63) is 60.1 Å². The van der Waals surface area contributed by atoms with Crippen LogP contribution in [0, 0.1) is 12.7 Å². The molecule has 2 heterocycles. The molecule has 2 N–H and O–H groups in total. The van der Waals surface area contributed by atoms with E-state index in [9.17, 15) is 4.39 Å². The molecule has 4 rings (SSSR count). The minimum Gasteiger partial charge on any atom is -0.489 e. The number of hydrogen-bond acceptors (Lipinski definition) is 6. The van der Waals surface area contributed by atoms with Crippen molar-refractivity contribution in [2.45, 2.75) is 49.5 Å². The molecule has 8 heteroatoms. The van der Waals surface area contributed by atoms with Crippen LogP contribution in [-0.4, -0.2) is 26.3 Å². The average Bonchev–Trinajstić information content (AvgIpc) is 3.25. The molecule has 0 spiro atoms. The molecule has 6 nitrogen and oxygen atoms in total. The highest BCUT2D eigenvalue weighted by molar-refractivity contribution is 8.00. The number of aromatic nitrogens is 4. The zero-order chi connectivity index (χ0) is 19.3. The molecule has 2 atom stereocenters. The lowest BCUT2D eigenvalue weighted by atomic mass is 9.83. The normalized spacial score (nSPS) is 19.4. The van der Waals surface area contributed by atoms with Crippen LogP contribution in [0.25, 0.3) is 0 Å². The number of nitrogens with zero attached hydrogens (tertiary/aromatic N) is 3. The van der Waals surface area contributed by atoms with Gasteiger partial charge in [0.2, 0.25) is 0 Å². The number of halogens is 1. The van der Waals surface area contributed by atoms with Crippen LogP contribution in [0.3, 0.4) is 0 Å². The van der Waals surface area contributed by atoms with Gasteiger partial charge in [-0.25, -0.2) is 14.4 Å². The predicted molar refractivity (Wildman–Crippen MR) is 107 cm³/mol. The molecule has 0 amide bonds. The summed E-state index contributed by atoms with van der Waals surface area (Å²) in [5.74, 6) is 1.19. The number of aryl methyl sites for hydroxylation is 1. The van der Waals surface area contributed by atoms with Gasteiger partial charge in [0.25, 0.3) is 0 Å². The molecule has 1 saturated carbocycles. The predicted octanol–water partition coefficient (Wildman–Crippen LogP) is 4.87. The van der Waals surface area contributed by atoms with E-state index in [0.29, 0.717) is 16.5 Å². The Morgan fingerprint density at radius 2 is 2.18 bits per heavy atom. The van der Waals surface area contributed by atoms with Crippen LogP contribution in [0.15, 0.2) is 48.0 Å². The SMILES string of the molecule is Cc1cc(SNc2ccncn2)c(F)cc1OC1CCCC[C@H]1c1cn[nH]c1. The largest absolute Gasteiger partial charge is 0.489 e. The van der Waals surface area contributed by atoms with Crippen LogP contribution in [-0.2, 0) is 0 Å². The Bertz CT molecular complexity index is 906. The van der Waals surface area contributed by atoms with E-state index in [4.69, 9.17) is 4.74 Å². The minimum atomic E-state index is -0.317. The maximum Gasteiger partial charge on any atom is 0.142 e. The van der Waals surface area contributed by atoms with Crippen molar-refractivity contribution >= 4 is 17.8 Å². The third-order valence-electron chi connectivity index (χ3n) is 5.01. The van der Waals surface area contributed by atoms with Crippen LogP contribution in [0.1, 0.15) is 42.7 Å². The van der Waals surface area contributed by atoms with Crippen LogP contribution in [0.2, 0.25) is 0 Å². The second-order valence-electron chi connectivity index (χ2n) is 6.93. The smallest absolute Gasteiger partial charge is 0.142 e. The number of aromatic amines is 1. The van der Waals surface area contributed by atoms with E-state index >= 15 is 0 Å².